The Balaban J connectivity index is 2.27. The normalized spacial score (nSPS) is 29.2. The largest absolute Gasteiger partial charge is 0.370 e. The smallest absolute Gasteiger partial charge is 0.189 e. The van der Waals surface area contributed by atoms with Crippen LogP contribution in [-0.2, 0) is 0 Å². The van der Waals surface area contributed by atoms with Gasteiger partial charge in [0.25, 0.3) is 0 Å². The number of hydrogen-bond donors (Lipinski definition) is 2. The van der Waals surface area contributed by atoms with Crippen LogP contribution in [0.15, 0.2) is 4.99 Å². The molecule has 0 heterocycles. The van der Waals surface area contributed by atoms with E-state index in [2.05, 4.69) is 31.1 Å². The zero-order valence-corrected chi connectivity index (χ0v) is 8.17. The molecule has 0 aromatic rings. The van der Waals surface area contributed by atoms with E-state index in [4.69, 9.17) is 5.73 Å². The predicted octanol–water partition coefficient (Wildman–Crippen LogP) is 1.10. The first-order valence-corrected chi connectivity index (χ1v) is 4.73. The fourth-order valence-electron chi connectivity index (χ4n) is 1.34. The molecule has 0 amide bonds. The molecule has 70 valence electrons. The molecule has 2 unspecified atom stereocenters. The number of nitrogens with two attached hydrogens (primary N) is 1. The average Bonchev–Trinajstić information content (AvgIpc) is 2.65. The van der Waals surface area contributed by atoms with E-state index in [1.807, 2.05) is 0 Å². The molecule has 12 heavy (non-hydrogen) atoms. The number of nitrogens with one attached hydrogen (secondary N) is 1. The molecule has 0 radical (unpaired) electrons. The Morgan fingerprint density at radius 1 is 1.67 bits per heavy atom. The van der Waals surface area contributed by atoms with Gasteiger partial charge in [-0.2, -0.15) is 0 Å². The number of guanidine groups is 1. The molecule has 1 rings (SSSR count). The van der Waals surface area contributed by atoms with Crippen LogP contribution in [0, 0.1) is 5.92 Å². The summed E-state index contributed by atoms with van der Waals surface area (Å²) in [5.74, 6) is 1.39. The summed E-state index contributed by atoms with van der Waals surface area (Å²) in [6, 6.07) is 0.883. The molecule has 1 saturated carbocycles. The summed E-state index contributed by atoms with van der Waals surface area (Å²) in [4.78, 5) is 4.36. The summed E-state index contributed by atoms with van der Waals surface area (Å²) in [6.45, 7) is 6.32. The van der Waals surface area contributed by atoms with Crippen LogP contribution < -0.4 is 11.1 Å². The van der Waals surface area contributed by atoms with Crippen molar-refractivity contribution in [3.63, 3.8) is 0 Å². The van der Waals surface area contributed by atoms with Gasteiger partial charge in [-0.25, -0.2) is 4.99 Å². The van der Waals surface area contributed by atoms with Crippen LogP contribution in [0.1, 0.15) is 33.6 Å². The van der Waals surface area contributed by atoms with Gasteiger partial charge in [0, 0.05) is 6.04 Å². The lowest BCUT2D eigenvalue weighted by Crippen LogP contribution is -2.37. The zero-order valence-electron chi connectivity index (χ0n) is 8.17. The minimum atomic E-state index is 0.382. The lowest BCUT2D eigenvalue weighted by molar-refractivity contribution is 0.713. The topological polar surface area (TPSA) is 50.4 Å². The number of nitrogens with zero attached hydrogens (tertiary/aromatic N) is 1. The van der Waals surface area contributed by atoms with Crippen molar-refractivity contribution in [2.24, 2.45) is 16.6 Å². The Hall–Kier alpha value is -0.730. The van der Waals surface area contributed by atoms with E-state index in [1.54, 1.807) is 0 Å². The van der Waals surface area contributed by atoms with Crippen LogP contribution in [0.3, 0.4) is 0 Å². The molecule has 1 aliphatic rings. The summed E-state index contributed by atoms with van der Waals surface area (Å²) in [5.41, 5.74) is 5.67. The van der Waals surface area contributed by atoms with Gasteiger partial charge in [-0.1, -0.05) is 13.3 Å². The van der Waals surface area contributed by atoms with Gasteiger partial charge in [-0.05, 0) is 26.2 Å². The van der Waals surface area contributed by atoms with Crippen LogP contribution in [0.25, 0.3) is 0 Å². The Morgan fingerprint density at radius 2 is 2.33 bits per heavy atom. The molecule has 1 fully saturated rings. The first kappa shape index (κ1) is 9.36. The second kappa shape index (κ2) is 3.78. The van der Waals surface area contributed by atoms with Gasteiger partial charge in [-0.15, -0.1) is 0 Å². The summed E-state index contributed by atoms with van der Waals surface area (Å²) in [5, 5.41) is 3.09. The first-order valence-electron chi connectivity index (χ1n) is 4.73. The van der Waals surface area contributed by atoms with Gasteiger partial charge in [0.15, 0.2) is 5.96 Å². The van der Waals surface area contributed by atoms with E-state index < -0.39 is 0 Å². The van der Waals surface area contributed by atoms with E-state index in [1.165, 1.54) is 12.8 Å². The fourth-order valence-corrected chi connectivity index (χ4v) is 1.34. The van der Waals surface area contributed by atoms with Crippen LogP contribution in [0.5, 0.6) is 0 Å². The average molecular weight is 169 g/mol. The van der Waals surface area contributed by atoms with Crippen molar-refractivity contribution in [3.8, 4) is 0 Å². The maximum Gasteiger partial charge on any atom is 0.189 e. The molecular weight excluding hydrogens is 150 g/mol. The highest BCUT2D eigenvalue weighted by Crippen LogP contribution is 2.36. The predicted molar refractivity (Wildman–Crippen MR) is 52.1 cm³/mol. The number of rotatable bonds is 3. The molecule has 0 spiro atoms. The summed E-state index contributed by atoms with van der Waals surface area (Å²) < 4.78 is 0. The third-order valence-corrected chi connectivity index (χ3v) is 2.15. The Labute approximate surface area is 74.4 Å². The molecule has 3 heteroatoms. The maximum atomic E-state index is 5.67. The first-order chi connectivity index (χ1) is 5.63. The quantitative estimate of drug-likeness (QED) is 0.491. The van der Waals surface area contributed by atoms with E-state index in [0.717, 1.165) is 5.92 Å². The highest BCUT2D eigenvalue weighted by atomic mass is 15.1. The van der Waals surface area contributed by atoms with Crippen molar-refractivity contribution in [1.29, 1.82) is 0 Å². The second-order valence-corrected chi connectivity index (χ2v) is 3.78. The SMILES string of the molecule is CCC1CC1N=C(N)NC(C)C. The van der Waals surface area contributed by atoms with E-state index in [-0.39, 0.29) is 0 Å². The number of aliphatic imine (C=N–C) groups is 1. The Morgan fingerprint density at radius 3 is 2.75 bits per heavy atom. The highest BCUT2D eigenvalue weighted by Gasteiger charge is 2.35. The molecule has 0 bridgehead atoms. The molecule has 3 nitrogen and oxygen atoms in total. The lowest BCUT2D eigenvalue weighted by atomic mass is 10.3. The maximum absolute atomic E-state index is 5.67. The molecule has 2 atom stereocenters. The molecule has 0 aromatic carbocycles. The Bertz CT molecular complexity index is 175. The molecule has 0 aliphatic heterocycles. The third-order valence-electron chi connectivity index (χ3n) is 2.15. The fraction of sp³-hybridized carbons (Fsp3) is 0.889. The standard InChI is InChI=1S/C9H19N3/c1-4-7-5-8(7)12-9(10)11-6(2)3/h6-8H,4-5H2,1-3H3,(H3,10,11,12). The van der Waals surface area contributed by atoms with Gasteiger partial charge in [0.05, 0.1) is 6.04 Å². The van der Waals surface area contributed by atoms with Crippen LogP contribution in [-0.4, -0.2) is 18.0 Å². The Kier molecular flexibility index (Phi) is 2.95. The van der Waals surface area contributed by atoms with Crippen molar-refractivity contribution in [3.05, 3.63) is 0 Å². The van der Waals surface area contributed by atoms with E-state index >= 15 is 0 Å². The zero-order chi connectivity index (χ0) is 9.14. The third kappa shape index (κ3) is 2.72. The van der Waals surface area contributed by atoms with Gasteiger partial charge in [-0.3, -0.25) is 0 Å². The monoisotopic (exact) mass is 169 g/mol. The van der Waals surface area contributed by atoms with Gasteiger partial charge in [0.2, 0.25) is 0 Å². The lowest BCUT2D eigenvalue weighted by Gasteiger charge is -2.07. The number of hydrogen-bond acceptors (Lipinski definition) is 1. The summed E-state index contributed by atoms with van der Waals surface area (Å²) in [7, 11) is 0. The van der Waals surface area contributed by atoms with Gasteiger partial charge < -0.3 is 11.1 Å². The summed E-state index contributed by atoms with van der Waals surface area (Å²) >= 11 is 0. The molecule has 0 aromatic heterocycles. The molecular formula is C9H19N3. The van der Waals surface area contributed by atoms with Gasteiger partial charge in [0.1, 0.15) is 0 Å². The highest BCUT2D eigenvalue weighted by molar-refractivity contribution is 5.78. The van der Waals surface area contributed by atoms with Gasteiger partial charge >= 0.3 is 0 Å². The van der Waals surface area contributed by atoms with Crippen LogP contribution >= 0.6 is 0 Å². The van der Waals surface area contributed by atoms with Crippen molar-refractivity contribution < 1.29 is 0 Å². The van der Waals surface area contributed by atoms with Crippen molar-refractivity contribution in [2.45, 2.75) is 45.7 Å². The minimum Gasteiger partial charge on any atom is -0.370 e. The van der Waals surface area contributed by atoms with Crippen molar-refractivity contribution in [1.82, 2.24) is 5.32 Å². The van der Waals surface area contributed by atoms with Crippen molar-refractivity contribution >= 4 is 5.96 Å². The van der Waals surface area contributed by atoms with Crippen LogP contribution in [0.4, 0.5) is 0 Å². The molecule has 3 N–H and O–H groups in total. The van der Waals surface area contributed by atoms with Crippen molar-refractivity contribution in [2.75, 3.05) is 0 Å². The van der Waals surface area contributed by atoms with E-state index in [9.17, 15) is 0 Å². The van der Waals surface area contributed by atoms with E-state index in [0.29, 0.717) is 18.0 Å². The van der Waals surface area contributed by atoms with Crippen LogP contribution in [0.2, 0.25) is 0 Å². The summed E-state index contributed by atoms with van der Waals surface area (Å²) in [6.07, 6.45) is 2.44. The minimum absolute atomic E-state index is 0.382. The molecule has 1 aliphatic carbocycles. The molecule has 0 saturated heterocycles. The second-order valence-electron chi connectivity index (χ2n) is 3.78.